The zero-order valence-electron chi connectivity index (χ0n) is 10.8. The molecule has 2 rings (SSSR count). The van der Waals surface area contributed by atoms with Gasteiger partial charge in [-0.15, -0.1) is 0 Å². The number of nitrogens with zero attached hydrogens (tertiary/aromatic N) is 2. The number of halogens is 3. The first-order valence-electron chi connectivity index (χ1n) is 5.78. The highest BCUT2D eigenvalue weighted by atomic mass is 79.9. The van der Waals surface area contributed by atoms with Crippen LogP contribution in [0, 0.1) is 5.82 Å². The van der Waals surface area contributed by atoms with Gasteiger partial charge in [-0.2, -0.15) is 0 Å². The van der Waals surface area contributed by atoms with Crippen LogP contribution >= 0.6 is 31.9 Å². The maximum Gasteiger partial charge on any atom is 0.135 e. The molecule has 1 aromatic heterocycles. The fourth-order valence-electron chi connectivity index (χ4n) is 1.58. The van der Waals surface area contributed by atoms with Crippen LogP contribution in [0.15, 0.2) is 33.3 Å². The van der Waals surface area contributed by atoms with Crippen LogP contribution in [0.5, 0.6) is 0 Å². The third-order valence-corrected chi connectivity index (χ3v) is 3.47. The van der Waals surface area contributed by atoms with Crippen LogP contribution in [0.25, 0.3) is 11.3 Å². The smallest absolute Gasteiger partial charge is 0.135 e. The average molecular weight is 388 g/mol. The van der Waals surface area contributed by atoms with Crippen LogP contribution in [0.2, 0.25) is 0 Å². The number of hydrogen-bond donors (Lipinski definition) is 0. The maximum absolute atomic E-state index is 13.9. The summed E-state index contributed by atoms with van der Waals surface area (Å²) in [4.78, 5) is 8.83. The Morgan fingerprint density at radius 3 is 2.37 bits per heavy atom. The van der Waals surface area contributed by atoms with Gasteiger partial charge in [0.1, 0.15) is 16.2 Å². The average Bonchev–Trinajstić information content (AvgIpc) is 2.30. The van der Waals surface area contributed by atoms with Crippen LogP contribution < -0.4 is 0 Å². The number of rotatable bonds is 1. The molecule has 0 aliphatic carbocycles. The van der Waals surface area contributed by atoms with Gasteiger partial charge in [0.05, 0.1) is 5.69 Å². The lowest BCUT2D eigenvalue weighted by molar-refractivity contribution is 0.544. The summed E-state index contributed by atoms with van der Waals surface area (Å²) in [6.45, 7) is 6.07. The summed E-state index contributed by atoms with van der Waals surface area (Å²) in [5.41, 5.74) is 0.842. The van der Waals surface area contributed by atoms with E-state index < -0.39 is 0 Å². The lowest BCUT2D eigenvalue weighted by Gasteiger charge is -2.17. The fourth-order valence-corrected chi connectivity index (χ4v) is 2.33. The van der Waals surface area contributed by atoms with Crippen molar-refractivity contribution in [3.8, 4) is 11.3 Å². The summed E-state index contributed by atoms with van der Waals surface area (Å²) in [5.74, 6) is 0.380. The molecule has 0 amide bonds. The first kappa shape index (κ1) is 14.6. The van der Waals surface area contributed by atoms with Crippen molar-refractivity contribution in [3.63, 3.8) is 0 Å². The first-order valence-corrected chi connectivity index (χ1v) is 7.36. The normalized spacial score (nSPS) is 11.7. The lowest BCUT2D eigenvalue weighted by Crippen LogP contribution is -2.16. The van der Waals surface area contributed by atoms with E-state index in [0.717, 1.165) is 4.47 Å². The molecular formula is C14H13Br2FN2. The molecule has 1 heterocycles. The maximum atomic E-state index is 13.9. The fraction of sp³-hybridized carbons (Fsp3) is 0.286. The van der Waals surface area contributed by atoms with Gasteiger partial charge in [-0.25, -0.2) is 14.4 Å². The molecule has 0 saturated carbocycles. The van der Waals surface area contributed by atoms with Gasteiger partial charge in [0.2, 0.25) is 0 Å². The minimum atomic E-state index is -0.298. The summed E-state index contributed by atoms with van der Waals surface area (Å²) in [6.07, 6.45) is 0. The third-order valence-electron chi connectivity index (χ3n) is 2.57. The van der Waals surface area contributed by atoms with E-state index in [1.165, 1.54) is 6.07 Å². The molecule has 0 saturated heterocycles. The minimum absolute atomic E-state index is 0.193. The monoisotopic (exact) mass is 386 g/mol. The molecule has 5 heteroatoms. The molecule has 1 aromatic carbocycles. The predicted octanol–water partition coefficient (Wildman–Crippen LogP) is 5.11. The van der Waals surface area contributed by atoms with E-state index in [-0.39, 0.29) is 11.2 Å². The molecule has 2 nitrogen and oxygen atoms in total. The Bertz CT molecular complexity index is 621. The summed E-state index contributed by atoms with van der Waals surface area (Å²) in [6, 6.07) is 6.53. The first-order chi connectivity index (χ1) is 8.77. The van der Waals surface area contributed by atoms with Crippen LogP contribution in [-0.4, -0.2) is 9.97 Å². The largest absolute Gasteiger partial charge is 0.232 e. The minimum Gasteiger partial charge on any atom is -0.232 e. The zero-order valence-corrected chi connectivity index (χ0v) is 14.0. The number of aromatic nitrogens is 2. The Hall–Kier alpha value is -0.810. The van der Waals surface area contributed by atoms with Crippen LogP contribution in [-0.2, 0) is 5.41 Å². The van der Waals surface area contributed by atoms with E-state index in [1.54, 1.807) is 18.2 Å². The predicted molar refractivity (Wildman–Crippen MR) is 81.5 cm³/mol. The molecule has 0 spiro atoms. The second kappa shape index (κ2) is 5.29. The van der Waals surface area contributed by atoms with Gasteiger partial charge in [0, 0.05) is 15.5 Å². The Morgan fingerprint density at radius 1 is 1.05 bits per heavy atom. The second-order valence-electron chi connectivity index (χ2n) is 5.27. The van der Waals surface area contributed by atoms with Gasteiger partial charge < -0.3 is 0 Å². The highest BCUT2D eigenvalue weighted by molar-refractivity contribution is 9.10. The van der Waals surface area contributed by atoms with Gasteiger partial charge in [-0.3, -0.25) is 0 Å². The number of hydrogen-bond acceptors (Lipinski definition) is 2. The van der Waals surface area contributed by atoms with Crippen molar-refractivity contribution in [3.05, 3.63) is 45.0 Å². The van der Waals surface area contributed by atoms with E-state index in [2.05, 4.69) is 41.8 Å². The molecule has 0 aliphatic heterocycles. The second-order valence-corrected chi connectivity index (χ2v) is 7.00. The van der Waals surface area contributed by atoms with Crippen molar-refractivity contribution < 1.29 is 4.39 Å². The van der Waals surface area contributed by atoms with Crippen LogP contribution in [0.4, 0.5) is 4.39 Å². The van der Waals surface area contributed by atoms with E-state index in [9.17, 15) is 4.39 Å². The Balaban J connectivity index is 2.63. The van der Waals surface area contributed by atoms with E-state index in [4.69, 9.17) is 0 Å². The quantitative estimate of drug-likeness (QED) is 0.635. The van der Waals surface area contributed by atoms with Crippen LogP contribution in [0.1, 0.15) is 26.6 Å². The van der Waals surface area contributed by atoms with Gasteiger partial charge in [0.25, 0.3) is 0 Å². The van der Waals surface area contributed by atoms with Gasteiger partial charge >= 0.3 is 0 Å². The standard InChI is InChI=1S/C14H13Br2FN2/c1-14(2,3)13-18-11(7-12(16)19-13)9-6-8(15)4-5-10(9)17/h4-7H,1-3H3. The molecule has 0 aliphatic rings. The molecule has 100 valence electrons. The van der Waals surface area contributed by atoms with E-state index in [1.807, 2.05) is 20.8 Å². The van der Waals surface area contributed by atoms with Crippen molar-refractivity contribution in [1.82, 2.24) is 9.97 Å². The van der Waals surface area contributed by atoms with Crippen molar-refractivity contribution in [2.24, 2.45) is 0 Å². The van der Waals surface area contributed by atoms with Gasteiger partial charge in [-0.05, 0) is 40.2 Å². The molecule has 19 heavy (non-hydrogen) atoms. The highest BCUT2D eigenvalue weighted by Gasteiger charge is 2.20. The highest BCUT2D eigenvalue weighted by Crippen LogP contribution is 2.29. The number of benzene rings is 1. The molecule has 2 aromatic rings. The van der Waals surface area contributed by atoms with Crippen LogP contribution in [0.3, 0.4) is 0 Å². The molecule has 0 atom stereocenters. The van der Waals surface area contributed by atoms with E-state index in [0.29, 0.717) is 21.7 Å². The Morgan fingerprint density at radius 2 is 1.74 bits per heavy atom. The summed E-state index contributed by atoms with van der Waals surface area (Å²) in [5, 5.41) is 0. The topological polar surface area (TPSA) is 25.8 Å². The Kier molecular flexibility index (Phi) is 4.06. The molecular weight excluding hydrogens is 375 g/mol. The zero-order chi connectivity index (χ0) is 14.2. The van der Waals surface area contributed by atoms with Crippen molar-refractivity contribution in [2.75, 3.05) is 0 Å². The van der Waals surface area contributed by atoms with Crippen molar-refractivity contribution in [2.45, 2.75) is 26.2 Å². The molecule has 0 N–H and O–H groups in total. The van der Waals surface area contributed by atoms with Gasteiger partial charge in [0.15, 0.2) is 0 Å². The summed E-state index contributed by atoms with van der Waals surface area (Å²) >= 11 is 6.71. The van der Waals surface area contributed by atoms with E-state index >= 15 is 0 Å². The van der Waals surface area contributed by atoms with Crippen molar-refractivity contribution in [1.29, 1.82) is 0 Å². The molecule has 0 radical (unpaired) electrons. The lowest BCUT2D eigenvalue weighted by atomic mass is 9.95. The summed E-state index contributed by atoms with van der Waals surface area (Å²) < 4.78 is 15.4. The SMILES string of the molecule is CC(C)(C)c1nc(Br)cc(-c2cc(Br)ccc2F)n1. The Labute approximate surface area is 128 Å². The third kappa shape index (κ3) is 3.39. The molecule has 0 unspecified atom stereocenters. The van der Waals surface area contributed by atoms with Crippen molar-refractivity contribution >= 4 is 31.9 Å². The molecule has 0 bridgehead atoms. The van der Waals surface area contributed by atoms with Gasteiger partial charge in [-0.1, -0.05) is 36.7 Å². The molecule has 0 fully saturated rings. The summed E-state index contributed by atoms with van der Waals surface area (Å²) in [7, 11) is 0.